The molecule has 0 bridgehead atoms. The summed E-state index contributed by atoms with van der Waals surface area (Å²) in [6, 6.07) is -0.298. The second-order valence-corrected chi connectivity index (χ2v) is 6.76. The molecule has 0 aliphatic heterocycles. The molecule has 1 aliphatic carbocycles. The maximum absolute atomic E-state index is 11.3. The summed E-state index contributed by atoms with van der Waals surface area (Å²) in [4.78, 5) is 10.6. The number of methoxy groups -OCH3 is 1. The molecular formula is C10H19NO5S. The van der Waals surface area contributed by atoms with Crippen molar-refractivity contribution in [1.29, 1.82) is 0 Å². The number of carbonyl (C=O) groups is 1. The molecule has 17 heavy (non-hydrogen) atoms. The Hall–Kier alpha value is -0.820. The van der Waals surface area contributed by atoms with Gasteiger partial charge < -0.3 is 15.2 Å². The van der Waals surface area contributed by atoms with Crippen molar-refractivity contribution in [2.24, 2.45) is 5.92 Å². The van der Waals surface area contributed by atoms with Crippen LogP contribution in [-0.2, 0) is 14.6 Å². The lowest BCUT2D eigenvalue weighted by molar-refractivity contribution is 0.0427. The maximum Gasteiger partial charge on any atom is 0.404 e. The van der Waals surface area contributed by atoms with E-state index in [1.54, 1.807) is 7.11 Å². The molecule has 0 aromatic carbocycles. The SMILES string of the molecule is CO[C@@H]1CC[C@H](NC(=O)O)[C@@H](CS(C)(=O)=O)C1. The Balaban J connectivity index is 2.71. The van der Waals surface area contributed by atoms with E-state index in [9.17, 15) is 13.2 Å². The summed E-state index contributed by atoms with van der Waals surface area (Å²) in [5.74, 6) is -0.211. The summed E-state index contributed by atoms with van der Waals surface area (Å²) < 4.78 is 27.8. The third-order valence-electron chi connectivity index (χ3n) is 3.09. The van der Waals surface area contributed by atoms with Crippen LogP contribution in [0.3, 0.4) is 0 Å². The van der Waals surface area contributed by atoms with Crippen LogP contribution < -0.4 is 5.32 Å². The Morgan fingerprint density at radius 1 is 1.47 bits per heavy atom. The van der Waals surface area contributed by atoms with Gasteiger partial charge in [-0.05, 0) is 25.2 Å². The van der Waals surface area contributed by atoms with Crippen molar-refractivity contribution in [2.45, 2.75) is 31.4 Å². The molecule has 7 heteroatoms. The standard InChI is InChI=1S/C10H19NO5S/c1-16-8-3-4-9(11-10(12)13)7(5-8)6-17(2,14)15/h7-9,11H,3-6H2,1-2H3,(H,12,13)/t7-,8-,9+/m1/s1. The monoisotopic (exact) mass is 265 g/mol. The first-order valence-corrected chi connectivity index (χ1v) is 7.58. The summed E-state index contributed by atoms with van der Waals surface area (Å²) in [6.07, 6.45) is 2.03. The van der Waals surface area contributed by atoms with Crippen LogP contribution in [0.15, 0.2) is 0 Å². The zero-order valence-corrected chi connectivity index (χ0v) is 10.9. The van der Waals surface area contributed by atoms with Gasteiger partial charge in [-0.2, -0.15) is 0 Å². The predicted molar refractivity (Wildman–Crippen MR) is 62.8 cm³/mol. The Bertz CT molecular complexity index is 367. The topological polar surface area (TPSA) is 92.7 Å². The molecule has 3 atom stereocenters. The zero-order valence-electron chi connectivity index (χ0n) is 10.0. The molecule has 0 spiro atoms. The number of nitrogens with one attached hydrogen (secondary N) is 1. The van der Waals surface area contributed by atoms with Crippen molar-refractivity contribution < 1.29 is 23.1 Å². The first-order valence-electron chi connectivity index (χ1n) is 5.52. The highest BCUT2D eigenvalue weighted by atomic mass is 32.2. The molecule has 0 radical (unpaired) electrons. The van der Waals surface area contributed by atoms with Gasteiger partial charge >= 0.3 is 6.09 Å². The number of sulfone groups is 1. The van der Waals surface area contributed by atoms with Crippen LogP contribution in [0.2, 0.25) is 0 Å². The average Bonchev–Trinajstić information content (AvgIpc) is 2.17. The van der Waals surface area contributed by atoms with Crippen LogP contribution in [0.4, 0.5) is 4.79 Å². The second-order valence-electron chi connectivity index (χ2n) is 4.58. The van der Waals surface area contributed by atoms with E-state index in [2.05, 4.69) is 5.32 Å². The highest BCUT2D eigenvalue weighted by molar-refractivity contribution is 7.90. The van der Waals surface area contributed by atoms with Crippen LogP contribution in [-0.4, -0.2) is 50.9 Å². The molecule has 1 rings (SSSR count). The zero-order chi connectivity index (χ0) is 13.1. The summed E-state index contributed by atoms with van der Waals surface area (Å²) in [5, 5.41) is 11.1. The highest BCUT2D eigenvalue weighted by Gasteiger charge is 2.33. The Morgan fingerprint density at radius 3 is 2.59 bits per heavy atom. The van der Waals surface area contributed by atoms with E-state index in [1.165, 1.54) is 6.26 Å². The molecule has 1 saturated carbocycles. The van der Waals surface area contributed by atoms with Crippen LogP contribution >= 0.6 is 0 Å². The van der Waals surface area contributed by atoms with Crippen molar-refractivity contribution >= 4 is 15.9 Å². The number of hydrogen-bond acceptors (Lipinski definition) is 4. The summed E-state index contributed by atoms with van der Waals surface area (Å²) in [6.45, 7) is 0. The summed E-state index contributed by atoms with van der Waals surface area (Å²) in [5.41, 5.74) is 0. The van der Waals surface area contributed by atoms with Crippen molar-refractivity contribution in [3.8, 4) is 0 Å². The number of rotatable bonds is 4. The van der Waals surface area contributed by atoms with E-state index in [0.717, 1.165) is 6.42 Å². The van der Waals surface area contributed by atoms with Crippen molar-refractivity contribution in [3.63, 3.8) is 0 Å². The molecule has 1 aliphatic rings. The molecule has 1 fully saturated rings. The van der Waals surface area contributed by atoms with E-state index < -0.39 is 15.9 Å². The minimum absolute atomic E-state index is 0.00218. The van der Waals surface area contributed by atoms with E-state index >= 15 is 0 Å². The van der Waals surface area contributed by atoms with Crippen molar-refractivity contribution in [2.75, 3.05) is 19.1 Å². The van der Waals surface area contributed by atoms with Crippen molar-refractivity contribution in [3.05, 3.63) is 0 Å². The fraction of sp³-hybridized carbons (Fsp3) is 0.900. The fourth-order valence-electron chi connectivity index (χ4n) is 2.36. The van der Waals surface area contributed by atoms with Crippen LogP contribution in [0, 0.1) is 5.92 Å². The van der Waals surface area contributed by atoms with Crippen LogP contribution in [0.25, 0.3) is 0 Å². The minimum Gasteiger partial charge on any atom is -0.465 e. The van der Waals surface area contributed by atoms with Gasteiger partial charge in [0.05, 0.1) is 11.9 Å². The predicted octanol–water partition coefficient (Wildman–Crippen LogP) is 0.482. The molecule has 6 nitrogen and oxygen atoms in total. The molecule has 100 valence electrons. The molecule has 2 N–H and O–H groups in total. The third kappa shape index (κ3) is 4.91. The molecule has 0 aromatic rings. The third-order valence-corrected chi connectivity index (χ3v) is 4.13. The van der Waals surface area contributed by atoms with E-state index in [1.807, 2.05) is 0 Å². The molecule has 0 aromatic heterocycles. The quantitative estimate of drug-likeness (QED) is 0.771. The van der Waals surface area contributed by atoms with Gasteiger partial charge in [0.15, 0.2) is 0 Å². The van der Waals surface area contributed by atoms with Gasteiger partial charge in [0.1, 0.15) is 9.84 Å². The van der Waals surface area contributed by atoms with Gasteiger partial charge in [-0.25, -0.2) is 13.2 Å². The number of hydrogen-bond donors (Lipinski definition) is 2. The minimum atomic E-state index is -3.11. The molecular weight excluding hydrogens is 246 g/mol. The lowest BCUT2D eigenvalue weighted by atomic mass is 9.84. The largest absolute Gasteiger partial charge is 0.465 e. The Labute approximate surface area is 101 Å². The highest BCUT2D eigenvalue weighted by Crippen LogP contribution is 2.27. The van der Waals surface area contributed by atoms with Gasteiger partial charge in [0, 0.05) is 19.4 Å². The van der Waals surface area contributed by atoms with E-state index in [4.69, 9.17) is 9.84 Å². The van der Waals surface area contributed by atoms with Gasteiger partial charge in [0.2, 0.25) is 0 Å². The smallest absolute Gasteiger partial charge is 0.404 e. The van der Waals surface area contributed by atoms with Gasteiger partial charge in [0.25, 0.3) is 0 Å². The number of carboxylic acid groups (broad SMARTS) is 1. The molecule has 0 heterocycles. The molecule has 1 amide bonds. The van der Waals surface area contributed by atoms with Gasteiger partial charge in [-0.15, -0.1) is 0 Å². The number of amides is 1. The van der Waals surface area contributed by atoms with Crippen LogP contribution in [0.1, 0.15) is 19.3 Å². The second kappa shape index (κ2) is 5.68. The molecule has 0 saturated heterocycles. The first-order chi connectivity index (χ1) is 7.81. The Kier molecular flexibility index (Phi) is 4.76. The molecule has 0 unspecified atom stereocenters. The maximum atomic E-state index is 11.3. The number of ether oxygens (including phenoxy) is 1. The fourth-order valence-corrected chi connectivity index (χ4v) is 3.50. The lowest BCUT2D eigenvalue weighted by Crippen LogP contribution is -2.46. The normalized spacial score (nSPS) is 29.9. The first kappa shape index (κ1) is 14.2. The van der Waals surface area contributed by atoms with Crippen molar-refractivity contribution in [1.82, 2.24) is 5.32 Å². The van der Waals surface area contributed by atoms with E-state index in [0.29, 0.717) is 12.8 Å². The van der Waals surface area contributed by atoms with Gasteiger partial charge in [-0.3, -0.25) is 0 Å². The van der Waals surface area contributed by atoms with Crippen LogP contribution in [0.5, 0.6) is 0 Å². The summed E-state index contributed by atoms with van der Waals surface area (Å²) >= 11 is 0. The Morgan fingerprint density at radius 2 is 2.12 bits per heavy atom. The lowest BCUT2D eigenvalue weighted by Gasteiger charge is -2.34. The summed E-state index contributed by atoms with van der Waals surface area (Å²) in [7, 11) is -1.52. The van der Waals surface area contributed by atoms with E-state index in [-0.39, 0.29) is 23.8 Å². The van der Waals surface area contributed by atoms with Gasteiger partial charge in [-0.1, -0.05) is 0 Å². The average molecular weight is 265 g/mol.